The maximum Gasteiger partial charge on any atom is 0.261 e. The van der Waals surface area contributed by atoms with E-state index < -0.39 is 6.10 Å². The fourth-order valence-corrected chi connectivity index (χ4v) is 3.56. The summed E-state index contributed by atoms with van der Waals surface area (Å²) in [5.41, 5.74) is 2.60. The number of aromatic nitrogens is 1. The van der Waals surface area contributed by atoms with Gasteiger partial charge in [0.1, 0.15) is 0 Å². The number of anilines is 1. The van der Waals surface area contributed by atoms with Gasteiger partial charge in [0.05, 0.1) is 11.2 Å². The lowest BCUT2D eigenvalue weighted by molar-refractivity contribution is -0.129. The molecule has 1 aliphatic carbocycles. The molecule has 1 unspecified atom stereocenters. The first-order valence-electron chi connectivity index (χ1n) is 9.04. The van der Waals surface area contributed by atoms with Crippen molar-refractivity contribution < 1.29 is 9.53 Å². The molecule has 0 aliphatic heterocycles. The van der Waals surface area contributed by atoms with Crippen LogP contribution < -0.4 is 4.90 Å². The fourth-order valence-electron chi connectivity index (χ4n) is 3.56. The van der Waals surface area contributed by atoms with E-state index in [1.807, 2.05) is 65.6 Å². The van der Waals surface area contributed by atoms with Crippen LogP contribution in [0.3, 0.4) is 0 Å². The van der Waals surface area contributed by atoms with Crippen LogP contribution in [0.4, 0.5) is 5.69 Å². The Labute approximate surface area is 153 Å². The highest BCUT2D eigenvalue weighted by Crippen LogP contribution is 2.36. The molecule has 3 aromatic rings. The molecule has 132 valence electrons. The largest absolute Gasteiger partial charge is 0.367 e. The minimum absolute atomic E-state index is 0.0263. The first-order valence-corrected chi connectivity index (χ1v) is 9.04. The lowest BCUT2D eigenvalue weighted by atomic mass is 9.90. The Hall–Kier alpha value is -2.72. The van der Waals surface area contributed by atoms with Gasteiger partial charge >= 0.3 is 0 Å². The number of hydrogen-bond donors (Lipinski definition) is 0. The second kappa shape index (κ2) is 7.26. The van der Waals surface area contributed by atoms with Crippen molar-refractivity contribution in [2.45, 2.75) is 31.4 Å². The molecule has 4 rings (SSSR count). The Balaban J connectivity index is 1.79. The quantitative estimate of drug-likeness (QED) is 0.683. The Kier molecular flexibility index (Phi) is 4.67. The summed E-state index contributed by atoms with van der Waals surface area (Å²) in [5, 5.41) is 1.04. The molecule has 1 atom stereocenters. The van der Waals surface area contributed by atoms with E-state index in [0.717, 1.165) is 41.4 Å². The van der Waals surface area contributed by atoms with Crippen LogP contribution >= 0.6 is 0 Å². The molecule has 1 saturated carbocycles. The van der Waals surface area contributed by atoms with E-state index in [1.54, 1.807) is 13.3 Å². The molecule has 4 nitrogen and oxygen atoms in total. The minimum Gasteiger partial charge on any atom is -0.367 e. The second-order valence-corrected chi connectivity index (χ2v) is 6.67. The van der Waals surface area contributed by atoms with Crippen LogP contribution in [0.2, 0.25) is 0 Å². The number of fused-ring (bicyclic) bond motifs is 1. The smallest absolute Gasteiger partial charge is 0.261 e. The predicted octanol–water partition coefficient (Wildman–Crippen LogP) is 4.51. The van der Waals surface area contributed by atoms with E-state index >= 15 is 0 Å². The number of amides is 1. The van der Waals surface area contributed by atoms with Crippen LogP contribution in [0.25, 0.3) is 10.9 Å². The van der Waals surface area contributed by atoms with Crippen LogP contribution in [0.1, 0.15) is 30.9 Å². The number of hydrogen-bond acceptors (Lipinski definition) is 3. The molecule has 1 fully saturated rings. The molecular formula is C22H22N2O2. The molecule has 26 heavy (non-hydrogen) atoms. The van der Waals surface area contributed by atoms with Gasteiger partial charge in [0.2, 0.25) is 0 Å². The Bertz CT molecular complexity index is 901. The number of carbonyl (C=O) groups excluding carboxylic acids is 1. The van der Waals surface area contributed by atoms with Crippen molar-refractivity contribution in [1.82, 2.24) is 4.98 Å². The monoisotopic (exact) mass is 346 g/mol. The number of rotatable bonds is 5. The van der Waals surface area contributed by atoms with Crippen LogP contribution in [-0.4, -0.2) is 24.0 Å². The van der Waals surface area contributed by atoms with Gasteiger partial charge in [-0.25, -0.2) is 0 Å². The average molecular weight is 346 g/mol. The van der Waals surface area contributed by atoms with Gasteiger partial charge in [-0.1, -0.05) is 48.5 Å². The third-order valence-corrected chi connectivity index (χ3v) is 5.11. The Morgan fingerprint density at radius 1 is 1.08 bits per heavy atom. The van der Waals surface area contributed by atoms with Gasteiger partial charge in [0, 0.05) is 24.7 Å². The first kappa shape index (κ1) is 16.7. The molecule has 1 heterocycles. The summed E-state index contributed by atoms with van der Waals surface area (Å²) in [7, 11) is 1.59. The molecule has 1 aliphatic rings. The summed E-state index contributed by atoms with van der Waals surface area (Å²) >= 11 is 0. The summed E-state index contributed by atoms with van der Waals surface area (Å²) in [5.74, 6) is -0.0263. The van der Waals surface area contributed by atoms with Crippen LogP contribution in [0.15, 0.2) is 66.9 Å². The lowest BCUT2D eigenvalue weighted by Gasteiger charge is -2.39. The third-order valence-electron chi connectivity index (χ3n) is 5.11. The van der Waals surface area contributed by atoms with Crippen molar-refractivity contribution in [3.05, 3.63) is 72.4 Å². The fraction of sp³-hybridized carbons (Fsp3) is 0.273. The van der Waals surface area contributed by atoms with Gasteiger partial charge in [-0.05, 0) is 37.0 Å². The maximum absolute atomic E-state index is 13.5. The molecule has 1 amide bonds. The highest BCUT2D eigenvalue weighted by molar-refractivity contribution is 6.04. The van der Waals surface area contributed by atoms with Gasteiger partial charge in [-0.15, -0.1) is 0 Å². The highest BCUT2D eigenvalue weighted by atomic mass is 16.5. The van der Waals surface area contributed by atoms with E-state index in [2.05, 4.69) is 4.98 Å². The maximum atomic E-state index is 13.5. The first-order chi connectivity index (χ1) is 12.8. The summed E-state index contributed by atoms with van der Waals surface area (Å²) in [6, 6.07) is 19.8. The third kappa shape index (κ3) is 2.97. The lowest BCUT2D eigenvalue weighted by Crippen LogP contribution is -2.47. The van der Waals surface area contributed by atoms with Crippen molar-refractivity contribution >= 4 is 22.5 Å². The van der Waals surface area contributed by atoms with E-state index in [1.165, 1.54) is 0 Å². The number of para-hydroxylation sites is 1. The summed E-state index contributed by atoms with van der Waals surface area (Å²) in [4.78, 5) is 20.0. The van der Waals surface area contributed by atoms with Crippen LogP contribution in [0.5, 0.6) is 0 Å². The Morgan fingerprint density at radius 3 is 2.54 bits per heavy atom. The molecule has 0 spiro atoms. The number of ether oxygens (including phenoxy) is 1. The predicted molar refractivity (Wildman–Crippen MR) is 103 cm³/mol. The van der Waals surface area contributed by atoms with Crippen molar-refractivity contribution in [3.63, 3.8) is 0 Å². The number of carbonyl (C=O) groups is 1. The zero-order valence-corrected chi connectivity index (χ0v) is 14.8. The van der Waals surface area contributed by atoms with Crippen LogP contribution in [0, 0.1) is 0 Å². The normalized spacial score (nSPS) is 15.4. The topological polar surface area (TPSA) is 42.4 Å². The van der Waals surface area contributed by atoms with E-state index in [4.69, 9.17) is 4.74 Å². The van der Waals surface area contributed by atoms with Gasteiger partial charge in [-0.2, -0.15) is 0 Å². The number of pyridine rings is 1. The molecule has 0 saturated heterocycles. The van der Waals surface area contributed by atoms with Crippen LogP contribution in [-0.2, 0) is 9.53 Å². The minimum atomic E-state index is -0.615. The van der Waals surface area contributed by atoms with Crippen molar-refractivity contribution in [1.29, 1.82) is 0 Å². The molecule has 4 heteroatoms. The van der Waals surface area contributed by atoms with Crippen molar-refractivity contribution in [2.24, 2.45) is 0 Å². The van der Waals surface area contributed by atoms with Gasteiger partial charge in [0.25, 0.3) is 5.91 Å². The average Bonchev–Trinajstić information content (AvgIpc) is 2.65. The van der Waals surface area contributed by atoms with E-state index in [0.29, 0.717) is 0 Å². The molecule has 0 N–H and O–H groups in total. The van der Waals surface area contributed by atoms with Gasteiger partial charge < -0.3 is 9.64 Å². The molecule has 0 radical (unpaired) electrons. The standard InChI is InChI=1S/C22H22N2O2/c1-26-21(17-8-3-2-4-9-17)22(25)24(18-12-6-13-18)19-14-5-10-16-11-7-15-23-20(16)19/h2-5,7-11,14-15,18,21H,6,12-13H2,1H3. The molecule has 2 aromatic carbocycles. The zero-order valence-electron chi connectivity index (χ0n) is 14.8. The van der Waals surface area contributed by atoms with E-state index in [-0.39, 0.29) is 11.9 Å². The summed E-state index contributed by atoms with van der Waals surface area (Å²) < 4.78 is 5.62. The molecular weight excluding hydrogens is 324 g/mol. The van der Waals surface area contributed by atoms with Crippen molar-refractivity contribution in [3.8, 4) is 0 Å². The van der Waals surface area contributed by atoms with Gasteiger partial charge in [-0.3, -0.25) is 9.78 Å². The van der Waals surface area contributed by atoms with E-state index in [9.17, 15) is 4.79 Å². The highest BCUT2D eigenvalue weighted by Gasteiger charge is 2.35. The number of methoxy groups -OCH3 is 1. The SMILES string of the molecule is COC(C(=O)N(c1cccc2cccnc12)C1CCC1)c1ccccc1. The molecule has 0 bridgehead atoms. The summed E-state index contributed by atoms with van der Waals surface area (Å²) in [6.45, 7) is 0. The summed E-state index contributed by atoms with van der Waals surface area (Å²) in [6.07, 6.45) is 4.34. The number of nitrogens with zero attached hydrogens (tertiary/aromatic N) is 2. The molecule has 1 aromatic heterocycles. The van der Waals surface area contributed by atoms with Crippen molar-refractivity contribution in [2.75, 3.05) is 12.0 Å². The number of benzene rings is 2. The zero-order chi connectivity index (χ0) is 17.9. The Morgan fingerprint density at radius 2 is 1.85 bits per heavy atom. The van der Waals surface area contributed by atoms with Gasteiger partial charge in [0.15, 0.2) is 6.10 Å². The second-order valence-electron chi connectivity index (χ2n) is 6.67.